The van der Waals surface area contributed by atoms with Crippen LogP contribution < -0.4 is 0 Å². The van der Waals surface area contributed by atoms with Crippen molar-refractivity contribution in [1.29, 1.82) is 0 Å². The standard InChI is InChI=1S/C15H30OSi/c1-8-10-11-12-13-14(9-2)16-17(6,7)15(3,4)5/h2,14H,8,10-13H2,1,3-7H3/t14-/m1/s1. The van der Waals surface area contributed by atoms with Gasteiger partial charge in [0.2, 0.25) is 0 Å². The van der Waals surface area contributed by atoms with Crippen LogP contribution in [0.25, 0.3) is 0 Å². The Morgan fingerprint density at radius 2 is 1.76 bits per heavy atom. The summed E-state index contributed by atoms with van der Waals surface area (Å²) >= 11 is 0. The fourth-order valence-corrected chi connectivity index (χ4v) is 2.72. The van der Waals surface area contributed by atoms with Crippen LogP contribution in [0.4, 0.5) is 0 Å². The van der Waals surface area contributed by atoms with Gasteiger partial charge in [0.15, 0.2) is 8.32 Å². The van der Waals surface area contributed by atoms with Crippen molar-refractivity contribution in [2.24, 2.45) is 0 Å². The van der Waals surface area contributed by atoms with Crippen molar-refractivity contribution in [1.82, 2.24) is 0 Å². The van der Waals surface area contributed by atoms with Crippen LogP contribution in [0, 0.1) is 12.3 Å². The summed E-state index contributed by atoms with van der Waals surface area (Å²) < 4.78 is 6.23. The van der Waals surface area contributed by atoms with Crippen molar-refractivity contribution < 1.29 is 4.43 Å². The Hall–Kier alpha value is -0.263. The number of unbranched alkanes of at least 4 members (excludes halogenated alkanes) is 3. The average molecular weight is 254 g/mol. The van der Waals surface area contributed by atoms with E-state index in [1.165, 1.54) is 25.7 Å². The summed E-state index contributed by atoms with van der Waals surface area (Å²) in [4.78, 5) is 0. The summed E-state index contributed by atoms with van der Waals surface area (Å²) in [5, 5.41) is 0.242. The lowest BCUT2D eigenvalue weighted by atomic mass is 10.1. The fraction of sp³-hybridized carbons (Fsp3) is 0.867. The van der Waals surface area contributed by atoms with E-state index in [9.17, 15) is 0 Å². The summed E-state index contributed by atoms with van der Waals surface area (Å²) in [6, 6.07) is 0. The number of hydrogen-bond acceptors (Lipinski definition) is 1. The van der Waals surface area contributed by atoms with Gasteiger partial charge in [0.1, 0.15) is 6.10 Å². The van der Waals surface area contributed by atoms with Gasteiger partial charge in [-0.05, 0) is 31.0 Å². The lowest BCUT2D eigenvalue weighted by molar-refractivity contribution is 0.219. The largest absolute Gasteiger partial charge is 0.403 e. The van der Waals surface area contributed by atoms with E-state index in [4.69, 9.17) is 10.8 Å². The van der Waals surface area contributed by atoms with Crippen molar-refractivity contribution in [3.8, 4) is 12.3 Å². The van der Waals surface area contributed by atoms with E-state index in [0.717, 1.165) is 6.42 Å². The van der Waals surface area contributed by atoms with E-state index in [1.807, 2.05) is 0 Å². The predicted molar refractivity (Wildman–Crippen MR) is 79.7 cm³/mol. The quantitative estimate of drug-likeness (QED) is 0.354. The Bertz CT molecular complexity index is 245. The van der Waals surface area contributed by atoms with Crippen LogP contribution in [0.15, 0.2) is 0 Å². The van der Waals surface area contributed by atoms with Gasteiger partial charge in [-0.1, -0.05) is 52.9 Å². The highest BCUT2D eigenvalue weighted by Gasteiger charge is 2.38. The van der Waals surface area contributed by atoms with E-state index in [1.54, 1.807) is 0 Å². The van der Waals surface area contributed by atoms with Gasteiger partial charge in [-0.2, -0.15) is 0 Å². The molecule has 0 aliphatic rings. The second-order valence-electron chi connectivity index (χ2n) is 6.38. The minimum absolute atomic E-state index is 0.0211. The highest BCUT2D eigenvalue weighted by atomic mass is 28.4. The lowest BCUT2D eigenvalue weighted by Crippen LogP contribution is -2.43. The summed E-state index contributed by atoms with van der Waals surface area (Å²) in [5.74, 6) is 2.82. The molecule has 17 heavy (non-hydrogen) atoms. The Labute approximate surface area is 109 Å². The van der Waals surface area contributed by atoms with Gasteiger partial charge in [-0.25, -0.2) is 0 Å². The van der Waals surface area contributed by atoms with Gasteiger partial charge in [-0.3, -0.25) is 0 Å². The topological polar surface area (TPSA) is 9.23 Å². The van der Waals surface area contributed by atoms with E-state index in [0.29, 0.717) is 0 Å². The SMILES string of the molecule is C#C[C@H](CCCCCC)O[Si](C)(C)C(C)(C)C. The van der Waals surface area contributed by atoms with Crippen LogP contribution in [0.5, 0.6) is 0 Å². The highest BCUT2D eigenvalue weighted by Crippen LogP contribution is 2.37. The minimum atomic E-state index is -1.70. The maximum absolute atomic E-state index is 6.23. The van der Waals surface area contributed by atoms with E-state index >= 15 is 0 Å². The average Bonchev–Trinajstić information content (AvgIpc) is 2.20. The molecule has 0 heterocycles. The fourth-order valence-electron chi connectivity index (χ4n) is 1.47. The van der Waals surface area contributed by atoms with Crippen LogP contribution >= 0.6 is 0 Å². The van der Waals surface area contributed by atoms with Gasteiger partial charge >= 0.3 is 0 Å². The van der Waals surface area contributed by atoms with Crippen LogP contribution in [0.3, 0.4) is 0 Å². The van der Waals surface area contributed by atoms with Crippen molar-refractivity contribution in [2.45, 2.75) is 84.0 Å². The molecule has 1 atom stereocenters. The summed E-state index contributed by atoms with van der Waals surface area (Å²) in [5.41, 5.74) is 0. The molecule has 0 unspecified atom stereocenters. The third-order valence-corrected chi connectivity index (χ3v) is 8.23. The van der Waals surface area contributed by atoms with Gasteiger partial charge in [0.25, 0.3) is 0 Å². The van der Waals surface area contributed by atoms with Crippen LogP contribution in [0.2, 0.25) is 18.1 Å². The van der Waals surface area contributed by atoms with Crippen molar-refractivity contribution in [2.75, 3.05) is 0 Å². The van der Waals surface area contributed by atoms with Crippen LogP contribution in [-0.2, 0) is 4.43 Å². The first-order chi connectivity index (χ1) is 7.74. The smallest absolute Gasteiger partial charge is 0.193 e. The number of rotatable bonds is 7. The summed E-state index contributed by atoms with van der Waals surface area (Å²) in [7, 11) is -1.70. The van der Waals surface area contributed by atoms with Gasteiger partial charge in [0, 0.05) is 0 Å². The molecule has 0 saturated carbocycles. The molecule has 0 aliphatic carbocycles. The Morgan fingerprint density at radius 3 is 2.18 bits per heavy atom. The molecule has 0 amide bonds. The molecule has 0 aromatic heterocycles. The molecular weight excluding hydrogens is 224 g/mol. The monoisotopic (exact) mass is 254 g/mol. The number of terminal acetylenes is 1. The zero-order chi connectivity index (χ0) is 13.5. The Morgan fingerprint density at radius 1 is 1.18 bits per heavy atom. The van der Waals surface area contributed by atoms with E-state index in [-0.39, 0.29) is 11.1 Å². The second-order valence-corrected chi connectivity index (χ2v) is 11.1. The van der Waals surface area contributed by atoms with Crippen molar-refractivity contribution in [3.63, 3.8) is 0 Å². The predicted octanol–water partition coefficient (Wildman–Crippen LogP) is 4.98. The maximum atomic E-state index is 6.23. The molecule has 0 radical (unpaired) electrons. The summed E-state index contributed by atoms with van der Waals surface area (Å²) in [6.07, 6.45) is 11.7. The molecule has 0 bridgehead atoms. The molecule has 2 heteroatoms. The normalized spacial score (nSPS) is 14.4. The first kappa shape index (κ1) is 16.7. The van der Waals surface area contributed by atoms with Crippen molar-refractivity contribution in [3.05, 3.63) is 0 Å². The molecular formula is C15H30OSi. The van der Waals surface area contributed by atoms with E-state index in [2.05, 4.69) is 46.7 Å². The third kappa shape index (κ3) is 6.28. The van der Waals surface area contributed by atoms with Crippen molar-refractivity contribution >= 4 is 8.32 Å². The molecule has 100 valence electrons. The van der Waals surface area contributed by atoms with E-state index < -0.39 is 8.32 Å². The van der Waals surface area contributed by atoms with Gasteiger partial charge in [0.05, 0.1) is 0 Å². The molecule has 0 aliphatic heterocycles. The highest BCUT2D eigenvalue weighted by molar-refractivity contribution is 6.74. The summed E-state index contributed by atoms with van der Waals surface area (Å²) in [6.45, 7) is 13.5. The third-order valence-electron chi connectivity index (χ3n) is 3.75. The zero-order valence-electron chi connectivity index (χ0n) is 12.6. The second kappa shape index (κ2) is 7.23. The molecule has 0 aromatic carbocycles. The Kier molecular flexibility index (Phi) is 7.12. The lowest BCUT2D eigenvalue weighted by Gasteiger charge is -2.38. The minimum Gasteiger partial charge on any atom is -0.403 e. The first-order valence-corrected chi connectivity index (χ1v) is 9.79. The molecule has 0 aromatic rings. The van der Waals surface area contributed by atoms with Gasteiger partial charge < -0.3 is 4.43 Å². The molecule has 0 N–H and O–H groups in total. The Balaban J connectivity index is 4.18. The molecule has 0 spiro atoms. The van der Waals surface area contributed by atoms with Crippen LogP contribution in [-0.4, -0.2) is 14.4 Å². The number of hydrogen-bond donors (Lipinski definition) is 0. The zero-order valence-corrected chi connectivity index (χ0v) is 13.6. The molecule has 0 fully saturated rings. The van der Waals surface area contributed by atoms with Crippen LogP contribution in [0.1, 0.15) is 59.8 Å². The van der Waals surface area contributed by atoms with Gasteiger partial charge in [-0.15, -0.1) is 6.42 Å². The maximum Gasteiger partial charge on any atom is 0.193 e. The molecule has 1 nitrogen and oxygen atoms in total. The molecule has 0 rings (SSSR count). The molecule has 0 saturated heterocycles. The first-order valence-electron chi connectivity index (χ1n) is 6.88.